The van der Waals surface area contributed by atoms with Gasteiger partial charge in [0.05, 0.1) is 17.1 Å². The Kier molecular flexibility index (Phi) is 5.74. The minimum absolute atomic E-state index is 0.137. The second-order valence-corrected chi connectivity index (χ2v) is 9.07. The summed E-state index contributed by atoms with van der Waals surface area (Å²) < 4.78 is 33.3. The quantitative estimate of drug-likeness (QED) is 0.630. The highest BCUT2D eigenvalue weighted by atomic mass is 32.2. The number of hydrogen-bond acceptors (Lipinski definition) is 4. The van der Waals surface area contributed by atoms with Crippen molar-refractivity contribution in [1.29, 1.82) is 0 Å². The van der Waals surface area contributed by atoms with Gasteiger partial charge in [-0.1, -0.05) is 42.5 Å². The SMILES string of the molecule is CCOc1ccccc1C(=O)N1CCN(S(=O)(=O)c2ccc3ccccc3c2)CC1. The molecule has 0 spiro atoms. The minimum atomic E-state index is -3.61. The fraction of sp³-hybridized carbons (Fsp3) is 0.261. The van der Waals surface area contributed by atoms with Crippen molar-refractivity contribution in [3.63, 3.8) is 0 Å². The van der Waals surface area contributed by atoms with Crippen molar-refractivity contribution in [1.82, 2.24) is 9.21 Å². The Morgan fingerprint density at radius 1 is 0.900 bits per heavy atom. The first kappa shape index (κ1) is 20.4. The first-order valence-electron chi connectivity index (χ1n) is 10.0. The normalized spacial score (nSPS) is 15.3. The Morgan fingerprint density at radius 2 is 1.57 bits per heavy atom. The van der Waals surface area contributed by atoms with Crippen LogP contribution in [0.25, 0.3) is 10.8 Å². The van der Waals surface area contributed by atoms with Crippen molar-refractivity contribution < 1.29 is 17.9 Å². The van der Waals surface area contributed by atoms with Gasteiger partial charge in [0.15, 0.2) is 0 Å². The Bertz CT molecular complexity index is 1170. The summed E-state index contributed by atoms with van der Waals surface area (Å²) in [6.07, 6.45) is 0. The van der Waals surface area contributed by atoms with E-state index in [9.17, 15) is 13.2 Å². The van der Waals surface area contributed by atoms with E-state index < -0.39 is 10.0 Å². The van der Waals surface area contributed by atoms with E-state index in [1.807, 2.05) is 43.3 Å². The van der Waals surface area contributed by atoms with Crippen LogP contribution >= 0.6 is 0 Å². The van der Waals surface area contributed by atoms with Gasteiger partial charge in [-0.3, -0.25) is 4.79 Å². The van der Waals surface area contributed by atoms with Gasteiger partial charge in [0.25, 0.3) is 5.91 Å². The van der Waals surface area contributed by atoms with Gasteiger partial charge in [0.2, 0.25) is 10.0 Å². The topological polar surface area (TPSA) is 66.9 Å². The minimum Gasteiger partial charge on any atom is -0.493 e. The summed E-state index contributed by atoms with van der Waals surface area (Å²) in [6, 6.07) is 20.0. The van der Waals surface area contributed by atoms with Gasteiger partial charge < -0.3 is 9.64 Å². The summed E-state index contributed by atoms with van der Waals surface area (Å²) >= 11 is 0. The van der Waals surface area contributed by atoms with E-state index in [2.05, 4.69) is 0 Å². The molecular weight excluding hydrogens is 400 g/mol. The van der Waals surface area contributed by atoms with E-state index >= 15 is 0 Å². The molecule has 1 saturated heterocycles. The average Bonchev–Trinajstić information content (AvgIpc) is 2.79. The molecule has 1 aliphatic heterocycles. The molecule has 1 fully saturated rings. The van der Waals surface area contributed by atoms with Crippen LogP contribution in [0.1, 0.15) is 17.3 Å². The van der Waals surface area contributed by atoms with Crippen molar-refractivity contribution in [2.24, 2.45) is 0 Å². The number of piperazine rings is 1. The first-order valence-corrected chi connectivity index (χ1v) is 11.4. The molecule has 3 aromatic carbocycles. The molecule has 30 heavy (non-hydrogen) atoms. The maximum absolute atomic E-state index is 13.1. The van der Waals surface area contributed by atoms with Gasteiger partial charge in [-0.25, -0.2) is 8.42 Å². The number of benzene rings is 3. The first-order chi connectivity index (χ1) is 14.5. The maximum atomic E-state index is 13.1. The molecule has 6 nitrogen and oxygen atoms in total. The van der Waals surface area contributed by atoms with E-state index in [1.54, 1.807) is 35.2 Å². The summed E-state index contributed by atoms with van der Waals surface area (Å²) in [6.45, 7) is 3.55. The average molecular weight is 425 g/mol. The van der Waals surface area contributed by atoms with Gasteiger partial charge in [0.1, 0.15) is 5.75 Å². The third kappa shape index (κ3) is 3.91. The number of ether oxygens (including phenoxy) is 1. The number of fused-ring (bicyclic) bond motifs is 1. The number of amides is 1. The number of sulfonamides is 1. The van der Waals surface area contributed by atoms with Crippen molar-refractivity contribution >= 4 is 26.7 Å². The van der Waals surface area contributed by atoms with Crippen LogP contribution in [0.2, 0.25) is 0 Å². The predicted octanol–water partition coefficient (Wildman–Crippen LogP) is 3.39. The lowest BCUT2D eigenvalue weighted by Crippen LogP contribution is -2.50. The van der Waals surface area contributed by atoms with Crippen molar-refractivity contribution in [2.45, 2.75) is 11.8 Å². The Hall–Kier alpha value is -2.90. The van der Waals surface area contributed by atoms with Crippen LogP contribution in [-0.2, 0) is 10.0 Å². The van der Waals surface area contributed by atoms with Gasteiger partial charge in [-0.05, 0) is 42.0 Å². The predicted molar refractivity (Wildman–Crippen MR) is 116 cm³/mol. The lowest BCUT2D eigenvalue weighted by molar-refractivity contribution is 0.0693. The van der Waals surface area contributed by atoms with Gasteiger partial charge in [0, 0.05) is 26.2 Å². The Morgan fingerprint density at radius 3 is 2.30 bits per heavy atom. The highest BCUT2D eigenvalue weighted by Crippen LogP contribution is 2.24. The number of carbonyl (C=O) groups excluding carboxylic acids is 1. The smallest absolute Gasteiger partial charge is 0.257 e. The van der Waals surface area contributed by atoms with E-state index in [-0.39, 0.29) is 23.9 Å². The number of nitrogens with zero attached hydrogens (tertiary/aromatic N) is 2. The van der Waals surface area contributed by atoms with Crippen molar-refractivity contribution in [3.8, 4) is 5.75 Å². The van der Waals surface area contributed by atoms with Gasteiger partial charge >= 0.3 is 0 Å². The molecule has 0 aromatic heterocycles. The second-order valence-electron chi connectivity index (χ2n) is 7.13. The Balaban J connectivity index is 1.49. The molecule has 7 heteroatoms. The molecule has 1 heterocycles. The molecular formula is C23H24N2O4S. The van der Waals surface area contributed by atoms with E-state index in [1.165, 1.54) is 4.31 Å². The van der Waals surface area contributed by atoms with E-state index in [0.717, 1.165) is 10.8 Å². The summed E-state index contributed by atoms with van der Waals surface area (Å²) in [7, 11) is -3.61. The largest absolute Gasteiger partial charge is 0.493 e. The fourth-order valence-electron chi connectivity index (χ4n) is 3.70. The summed E-state index contributed by atoms with van der Waals surface area (Å²) in [5.41, 5.74) is 0.505. The molecule has 0 aliphatic carbocycles. The molecule has 0 atom stereocenters. The van der Waals surface area contributed by atoms with E-state index in [4.69, 9.17) is 4.74 Å². The van der Waals surface area contributed by atoms with Crippen molar-refractivity contribution in [2.75, 3.05) is 32.8 Å². The zero-order valence-electron chi connectivity index (χ0n) is 16.8. The third-order valence-corrected chi connectivity index (χ3v) is 7.20. The molecule has 0 N–H and O–H groups in total. The monoisotopic (exact) mass is 424 g/mol. The molecule has 1 aliphatic rings. The van der Waals surface area contributed by atoms with Gasteiger partial charge in [-0.15, -0.1) is 0 Å². The molecule has 0 unspecified atom stereocenters. The van der Waals surface area contributed by atoms with Gasteiger partial charge in [-0.2, -0.15) is 4.31 Å². The lowest BCUT2D eigenvalue weighted by Gasteiger charge is -2.34. The maximum Gasteiger partial charge on any atom is 0.257 e. The van der Waals surface area contributed by atoms with Crippen LogP contribution < -0.4 is 4.74 Å². The highest BCUT2D eigenvalue weighted by molar-refractivity contribution is 7.89. The molecule has 1 amide bonds. The lowest BCUT2D eigenvalue weighted by atomic mass is 10.1. The number of carbonyl (C=O) groups is 1. The second kappa shape index (κ2) is 8.45. The molecule has 0 radical (unpaired) electrons. The van der Waals surface area contributed by atoms with Crippen LogP contribution in [0, 0.1) is 0 Å². The van der Waals surface area contributed by atoms with Crippen molar-refractivity contribution in [3.05, 3.63) is 72.3 Å². The van der Waals surface area contributed by atoms with Crippen LogP contribution in [0.5, 0.6) is 5.75 Å². The third-order valence-electron chi connectivity index (χ3n) is 5.30. The van der Waals surface area contributed by atoms with Crippen LogP contribution in [0.4, 0.5) is 0 Å². The highest BCUT2D eigenvalue weighted by Gasteiger charge is 2.31. The van der Waals surface area contributed by atoms with Crippen LogP contribution in [0.15, 0.2) is 71.6 Å². The molecule has 156 valence electrons. The van der Waals surface area contributed by atoms with Crippen LogP contribution in [-0.4, -0.2) is 56.3 Å². The Labute approximate surface area is 176 Å². The van der Waals surface area contributed by atoms with E-state index in [0.29, 0.717) is 31.0 Å². The number of rotatable bonds is 5. The fourth-order valence-corrected chi connectivity index (χ4v) is 5.16. The summed E-state index contributed by atoms with van der Waals surface area (Å²) in [5.74, 6) is 0.415. The zero-order chi connectivity index (χ0) is 21.1. The molecule has 0 bridgehead atoms. The summed E-state index contributed by atoms with van der Waals surface area (Å²) in [5, 5.41) is 1.89. The number of hydrogen-bond donors (Lipinski definition) is 0. The molecule has 3 aromatic rings. The standard InChI is InChI=1S/C23H24N2O4S/c1-2-29-22-10-6-5-9-21(22)23(26)24-13-15-25(16-14-24)30(27,28)20-12-11-18-7-3-4-8-19(18)17-20/h3-12,17H,2,13-16H2,1H3. The summed E-state index contributed by atoms with van der Waals surface area (Å²) in [4.78, 5) is 14.9. The zero-order valence-corrected chi connectivity index (χ0v) is 17.6. The molecule has 4 rings (SSSR count). The number of para-hydroxylation sites is 1. The molecule has 0 saturated carbocycles. The van der Waals surface area contributed by atoms with Crippen LogP contribution in [0.3, 0.4) is 0 Å².